The van der Waals surface area contributed by atoms with Crippen molar-refractivity contribution in [1.82, 2.24) is 4.57 Å². The van der Waals surface area contributed by atoms with Crippen LogP contribution in [0.5, 0.6) is 0 Å². The Morgan fingerprint density at radius 1 is 1.07 bits per heavy atom. The number of nitrogens with zero attached hydrogens (tertiary/aromatic N) is 3. The van der Waals surface area contributed by atoms with Gasteiger partial charge in [-0.3, -0.25) is 10.1 Å². The van der Waals surface area contributed by atoms with Crippen LogP contribution < -0.4 is 0 Å². The zero-order valence-electron chi connectivity index (χ0n) is 16.4. The third-order valence-corrected chi connectivity index (χ3v) is 5.24. The van der Waals surface area contributed by atoms with Crippen molar-refractivity contribution < 1.29 is 4.92 Å². The van der Waals surface area contributed by atoms with Gasteiger partial charge in [0.15, 0.2) is 0 Å². The Bertz CT molecular complexity index is 1310. The summed E-state index contributed by atoms with van der Waals surface area (Å²) in [4.78, 5) is 10.7. The normalized spacial score (nSPS) is 11.4. The summed E-state index contributed by atoms with van der Waals surface area (Å²) in [5.74, 6) is 0. The molecule has 0 saturated heterocycles. The number of hydrogen-bond acceptors (Lipinski definition) is 3. The molecule has 0 amide bonds. The predicted molar refractivity (Wildman–Crippen MR) is 119 cm³/mol. The SMILES string of the molecule is Cc1c(/C=C(/C#N)c2cccc([N+](=O)[O-])c2)c2ccccc2n1Cc1ccccc1. The van der Waals surface area contributed by atoms with Gasteiger partial charge < -0.3 is 4.57 Å². The van der Waals surface area contributed by atoms with Gasteiger partial charge in [0.25, 0.3) is 5.69 Å². The van der Waals surface area contributed by atoms with Crippen molar-refractivity contribution in [2.24, 2.45) is 0 Å². The van der Waals surface area contributed by atoms with Crippen molar-refractivity contribution >= 4 is 28.2 Å². The van der Waals surface area contributed by atoms with E-state index in [4.69, 9.17) is 0 Å². The van der Waals surface area contributed by atoms with Gasteiger partial charge in [-0.25, -0.2) is 0 Å². The molecule has 3 aromatic carbocycles. The molecule has 5 nitrogen and oxygen atoms in total. The van der Waals surface area contributed by atoms with E-state index < -0.39 is 4.92 Å². The molecule has 1 heterocycles. The molecule has 0 fully saturated rings. The molecule has 0 radical (unpaired) electrons. The van der Waals surface area contributed by atoms with Crippen LogP contribution in [0.1, 0.15) is 22.4 Å². The fourth-order valence-electron chi connectivity index (χ4n) is 3.72. The first kappa shape index (κ1) is 19.2. The second-order valence-electron chi connectivity index (χ2n) is 7.07. The van der Waals surface area contributed by atoms with Gasteiger partial charge in [-0.05, 0) is 30.2 Å². The molecule has 0 aliphatic rings. The summed E-state index contributed by atoms with van der Waals surface area (Å²) in [6, 6.07) is 26.7. The summed E-state index contributed by atoms with van der Waals surface area (Å²) < 4.78 is 2.24. The first-order valence-corrected chi connectivity index (χ1v) is 9.57. The smallest absolute Gasteiger partial charge is 0.270 e. The van der Waals surface area contributed by atoms with Crippen molar-refractivity contribution in [2.45, 2.75) is 13.5 Å². The number of benzene rings is 3. The second kappa shape index (κ2) is 8.06. The average molecular weight is 393 g/mol. The van der Waals surface area contributed by atoms with Crippen molar-refractivity contribution in [1.29, 1.82) is 5.26 Å². The van der Waals surface area contributed by atoms with Gasteiger partial charge in [0, 0.05) is 40.8 Å². The van der Waals surface area contributed by atoms with Crippen LogP contribution in [0.2, 0.25) is 0 Å². The summed E-state index contributed by atoms with van der Waals surface area (Å²) in [6.07, 6.45) is 1.83. The van der Waals surface area contributed by atoms with Gasteiger partial charge in [0.2, 0.25) is 0 Å². The maximum atomic E-state index is 11.1. The molecular formula is C25H19N3O2. The number of nitro groups is 1. The number of hydrogen-bond donors (Lipinski definition) is 0. The minimum Gasteiger partial charge on any atom is -0.340 e. The molecule has 4 aromatic rings. The molecule has 0 aliphatic carbocycles. The van der Waals surface area contributed by atoms with Crippen LogP contribution in [0.4, 0.5) is 5.69 Å². The highest BCUT2D eigenvalue weighted by atomic mass is 16.6. The van der Waals surface area contributed by atoms with E-state index in [9.17, 15) is 15.4 Å². The molecule has 5 heteroatoms. The lowest BCUT2D eigenvalue weighted by Crippen LogP contribution is -2.01. The van der Waals surface area contributed by atoms with E-state index in [1.807, 2.05) is 49.4 Å². The highest BCUT2D eigenvalue weighted by Crippen LogP contribution is 2.31. The number of nitro benzene ring substituents is 1. The van der Waals surface area contributed by atoms with Crippen molar-refractivity contribution in [3.05, 3.63) is 111 Å². The maximum absolute atomic E-state index is 11.1. The zero-order valence-corrected chi connectivity index (χ0v) is 16.4. The first-order valence-electron chi connectivity index (χ1n) is 9.57. The van der Waals surface area contributed by atoms with E-state index in [1.165, 1.54) is 17.7 Å². The second-order valence-corrected chi connectivity index (χ2v) is 7.07. The number of fused-ring (bicyclic) bond motifs is 1. The Hall–Kier alpha value is -4.17. The van der Waals surface area contributed by atoms with E-state index >= 15 is 0 Å². The molecule has 0 aliphatic heterocycles. The van der Waals surface area contributed by atoms with E-state index in [-0.39, 0.29) is 5.69 Å². The molecule has 1 aromatic heterocycles. The minimum atomic E-state index is -0.449. The van der Waals surface area contributed by atoms with Crippen LogP contribution in [0.25, 0.3) is 22.6 Å². The van der Waals surface area contributed by atoms with Crippen molar-refractivity contribution in [2.75, 3.05) is 0 Å². The number of rotatable bonds is 5. The van der Waals surface area contributed by atoms with E-state index in [1.54, 1.807) is 12.1 Å². The van der Waals surface area contributed by atoms with Gasteiger partial charge in [0.05, 0.1) is 16.6 Å². The van der Waals surface area contributed by atoms with Gasteiger partial charge in [0.1, 0.15) is 0 Å². The Kier molecular flexibility index (Phi) is 5.15. The van der Waals surface area contributed by atoms with Crippen LogP contribution >= 0.6 is 0 Å². The molecular weight excluding hydrogens is 374 g/mol. The summed E-state index contributed by atoms with van der Waals surface area (Å²) in [6.45, 7) is 2.76. The molecule has 0 atom stereocenters. The van der Waals surface area contributed by atoms with Crippen molar-refractivity contribution in [3.63, 3.8) is 0 Å². The van der Waals surface area contributed by atoms with E-state index in [0.717, 1.165) is 28.7 Å². The highest BCUT2D eigenvalue weighted by Gasteiger charge is 2.15. The monoisotopic (exact) mass is 393 g/mol. The number of aromatic nitrogens is 1. The van der Waals surface area contributed by atoms with E-state index in [2.05, 4.69) is 28.8 Å². The van der Waals surface area contributed by atoms with Crippen LogP contribution in [-0.2, 0) is 6.54 Å². The lowest BCUT2D eigenvalue weighted by atomic mass is 10.0. The van der Waals surface area contributed by atoms with Crippen LogP contribution in [-0.4, -0.2) is 9.49 Å². The molecule has 4 rings (SSSR count). The van der Waals surface area contributed by atoms with Gasteiger partial charge >= 0.3 is 0 Å². The van der Waals surface area contributed by atoms with Gasteiger partial charge in [-0.15, -0.1) is 0 Å². The summed E-state index contributed by atoms with van der Waals surface area (Å²) in [5, 5.41) is 22.0. The first-order chi connectivity index (χ1) is 14.6. The highest BCUT2D eigenvalue weighted by molar-refractivity contribution is 5.99. The average Bonchev–Trinajstić information content (AvgIpc) is 3.04. The van der Waals surface area contributed by atoms with Crippen LogP contribution in [0.3, 0.4) is 0 Å². The summed E-state index contributed by atoms with van der Waals surface area (Å²) in [7, 11) is 0. The third kappa shape index (κ3) is 3.59. The topological polar surface area (TPSA) is 71.9 Å². The number of para-hydroxylation sites is 1. The van der Waals surface area contributed by atoms with Gasteiger partial charge in [-0.2, -0.15) is 5.26 Å². The predicted octanol–water partition coefficient (Wildman–Crippen LogP) is 5.97. The molecule has 0 unspecified atom stereocenters. The Morgan fingerprint density at radius 2 is 1.80 bits per heavy atom. The lowest BCUT2D eigenvalue weighted by molar-refractivity contribution is -0.384. The number of non-ortho nitro benzene ring substituents is 1. The van der Waals surface area contributed by atoms with Crippen LogP contribution in [0, 0.1) is 28.4 Å². The molecule has 0 saturated carbocycles. The van der Waals surface area contributed by atoms with Gasteiger partial charge in [-0.1, -0.05) is 60.7 Å². The Labute approximate surface area is 174 Å². The number of nitriles is 1. The lowest BCUT2D eigenvalue weighted by Gasteiger charge is -2.08. The quantitative estimate of drug-likeness (QED) is 0.238. The summed E-state index contributed by atoms with van der Waals surface area (Å²) in [5.41, 5.74) is 5.16. The summed E-state index contributed by atoms with van der Waals surface area (Å²) >= 11 is 0. The Balaban J connectivity index is 1.86. The largest absolute Gasteiger partial charge is 0.340 e. The molecule has 0 spiro atoms. The third-order valence-electron chi connectivity index (χ3n) is 5.24. The fourth-order valence-corrected chi connectivity index (χ4v) is 3.72. The molecule has 0 N–H and O–H groups in total. The molecule has 0 bridgehead atoms. The molecule has 146 valence electrons. The standard InChI is InChI=1S/C25H19N3O2/c1-18-24(15-21(16-26)20-10-7-11-22(14-20)28(29)30)23-12-5-6-13-25(23)27(18)17-19-8-3-2-4-9-19/h2-15H,17H2,1H3/b21-15-. The van der Waals surface area contributed by atoms with Crippen molar-refractivity contribution in [3.8, 4) is 6.07 Å². The fraction of sp³-hybridized carbons (Fsp3) is 0.0800. The Morgan fingerprint density at radius 3 is 2.53 bits per heavy atom. The van der Waals surface area contributed by atoms with E-state index in [0.29, 0.717) is 11.1 Å². The molecule has 30 heavy (non-hydrogen) atoms. The maximum Gasteiger partial charge on any atom is 0.270 e. The number of allylic oxidation sites excluding steroid dienone is 1. The van der Waals surface area contributed by atoms with Crippen LogP contribution in [0.15, 0.2) is 78.9 Å². The minimum absolute atomic E-state index is 0.0307. The zero-order chi connectivity index (χ0) is 21.1.